The van der Waals surface area contributed by atoms with E-state index in [1.165, 1.54) is 25.2 Å². The molecule has 2 aromatic rings. The first-order valence-corrected chi connectivity index (χ1v) is 7.05. The van der Waals surface area contributed by atoms with Crippen molar-refractivity contribution >= 4 is 11.6 Å². The van der Waals surface area contributed by atoms with Crippen molar-refractivity contribution in [3.63, 3.8) is 0 Å². The number of anilines is 1. The molecule has 21 heavy (non-hydrogen) atoms. The molecular formula is C15H17N5O. The quantitative estimate of drug-likeness (QED) is 0.925. The number of rotatable bonds is 4. The average Bonchev–Trinajstić information content (AvgIpc) is 3.03. The summed E-state index contributed by atoms with van der Waals surface area (Å²) in [6.07, 6.45) is 10.4. The van der Waals surface area contributed by atoms with E-state index < -0.39 is 0 Å². The summed E-state index contributed by atoms with van der Waals surface area (Å²) in [5.41, 5.74) is 2.11. The smallest absolute Gasteiger partial charge is 0.275 e. The molecule has 1 saturated heterocycles. The Morgan fingerprint density at radius 3 is 2.71 bits per heavy atom. The predicted molar refractivity (Wildman–Crippen MR) is 78.7 cm³/mol. The van der Waals surface area contributed by atoms with Gasteiger partial charge in [-0.2, -0.15) is 0 Å². The third-order valence-electron chi connectivity index (χ3n) is 3.55. The third kappa shape index (κ3) is 3.41. The highest BCUT2D eigenvalue weighted by atomic mass is 16.1. The molecule has 0 aliphatic carbocycles. The van der Waals surface area contributed by atoms with E-state index >= 15 is 0 Å². The first-order valence-electron chi connectivity index (χ1n) is 7.05. The largest absolute Gasteiger partial charge is 0.319 e. The second-order valence-corrected chi connectivity index (χ2v) is 5.06. The lowest BCUT2D eigenvalue weighted by atomic mass is 10.2. The van der Waals surface area contributed by atoms with Gasteiger partial charge in [-0.05, 0) is 37.6 Å². The van der Waals surface area contributed by atoms with Crippen LogP contribution in [0.25, 0.3) is 0 Å². The van der Waals surface area contributed by atoms with Crippen molar-refractivity contribution in [2.45, 2.75) is 19.4 Å². The van der Waals surface area contributed by atoms with Crippen molar-refractivity contribution in [1.29, 1.82) is 0 Å². The molecule has 0 atom stereocenters. The molecule has 0 radical (unpaired) electrons. The number of carbonyl (C=O) groups is 1. The lowest BCUT2D eigenvalue weighted by Crippen LogP contribution is -2.21. The van der Waals surface area contributed by atoms with Crippen LogP contribution in [0.15, 0.2) is 37.1 Å². The van der Waals surface area contributed by atoms with Crippen LogP contribution in [0.4, 0.5) is 5.69 Å². The van der Waals surface area contributed by atoms with Gasteiger partial charge < -0.3 is 5.32 Å². The zero-order chi connectivity index (χ0) is 14.5. The normalized spacial score (nSPS) is 15.0. The standard InChI is InChI=1S/C15H17N5O/c21-15(14-10-17-5-6-18-14)19-13-9-16-4-3-12(13)11-20-7-1-2-8-20/h3-6,9-10H,1-2,7-8,11H2,(H,19,21). The maximum atomic E-state index is 12.1. The zero-order valence-corrected chi connectivity index (χ0v) is 11.7. The minimum atomic E-state index is -0.265. The Hall–Kier alpha value is -2.34. The Balaban J connectivity index is 1.74. The fourth-order valence-corrected chi connectivity index (χ4v) is 2.46. The Morgan fingerprint density at radius 2 is 1.95 bits per heavy atom. The molecule has 1 amide bonds. The van der Waals surface area contributed by atoms with Gasteiger partial charge in [-0.15, -0.1) is 0 Å². The second kappa shape index (κ2) is 6.41. The number of nitrogens with zero attached hydrogens (tertiary/aromatic N) is 4. The molecule has 2 aromatic heterocycles. The van der Waals surface area contributed by atoms with Crippen molar-refractivity contribution in [2.75, 3.05) is 18.4 Å². The summed E-state index contributed by atoms with van der Waals surface area (Å²) in [5.74, 6) is -0.265. The molecule has 6 nitrogen and oxygen atoms in total. The van der Waals surface area contributed by atoms with Crippen molar-refractivity contribution in [3.8, 4) is 0 Å². The van der Waals surface area contributed by atoms with E-state index in [9.17, 15) is 4.79 Å². The van der Waals surface area contributed by atoms with Crippen LogP contribution in [0.5, 0.6) is 0 Å². The fraction of sp³-hybridized carbons (Fsp3) is 0.333. The summed E-state index contributed by atoms with van der Waals surface area (Å²) in [6.45, 7) is 3.05. The number of likely N-dealkylation sites (tertiary alicyclic amines) is 1. The van der Waals surface area contributed by atoms with E-state index in [4.69, 9.17) is 0 Å². The predicted octanol–water partition coefficient (Wildman–Crippen LogP) is 1.72. The molecule has 6 heteroatoms. The van der Waals surface area contributed by atoms with Crippen LogP contribution < -0.4 is 5.32 Å². The Kier molecular flexibility index (Phi) is 4.16. The molecule has 0 unspecified atom stereocenters. The molecule has 1 aliphatic rings. The molecular weight excluding hydrogens is 266 g/mol. The highest BCUT2D eigenvalue weighted by Crippen LogP contribution is 2.19. The molecule has 0 bridgehead atoms. The summed E-state index contributed by atoms with van der Waals surface area (Å²) >= 11 is 0. The minimum absolute atomic E-state index is 0.265. The van der Waals surface area contributed by atoms with Gasteiger partial charge in [-0.1, -0.05) is 0 Å². The summed E-state index contributed by atoms with van der Waals surface area (Å²) in [4.78, 5) is 26.5. The Labute approximate surface area is 123 Å². The van der Waals surface area contributed by atoms with Gasteiger partial charge in [0.2, 0.25) is 0 Å². The fourth-order valence-electron chi connectivity index (χ4n) is 2.46. The van der Waals surface area contributed by atoms with Crippen LogP contribution in [0.2, 0.25) is 0 Å². The number of hydrogen-bond acceptors (Lipinski definition) is 5. The molecule has 0 spiro atoms. The molecule has 1 N–H and O–H groups in total. The number of nitrogens with one attached hydrogen (secondary N) is 1. The summed E-state index contributed by atoms with van der Waals surface area (Å²) in [5, 5.41) is 2.87. The zero-order valence-electron chi connectivity index (χ0n) is 11.7. The molecule has 1 aliphatic heterocycles. The maximum Gasteiger partial charge on any atom is 0.275 e. The van der Waals surface area contributed by atoms with Gasteiger partial charge in [-0.3, -0.25) is 19.7 Å². The van der Waals surface area contributed by atoms with E-state index in [1.54, 1.807) is 18.6 Å². The topological polar surface area (TPSA) is 71.0 Å². The first-order chi connectivity index (χ1) is 10.3. The molecule has 108 valence electrons. The van der Waals surface area contributed by atoms with Gasteiger partial charge in [0, 0.05) is 25.1 Å². The van der Waals surface area contributed by atoms with Crippen LogP contribution in [0, 0.1) is 0 Å². The van der Waals surface area contributed by atoms with Crippen molar-refractivity contribution in [3.05, 3.63) is 48.3 Å². The Bertz CT molecular complexity index is 610. The van der Waals surface area contributed by atoms with Crippen molar-refractivity contribution in [2.24, 2.45) is 0 Å². The van der Waals surface area contributed by atoms with Gasteiger partial charge in [0.25, 0.3) is 5.91 Å². The summed E-state index contributed by atoms with van der Waals surface area (Å²) in [7, 11) is 0. The number of hydrogen-bond donors (Lipinski definition) is 1. The maximum absolute atomic E-state index is 12.1. The summed E-state index contributed by atoms with van der Waals surface area (Å²) in [6, 6.07) is 1.95. The van der Waals surface area contributed by atoms with Crippen LogP contribution in [-0.2, 0) is 6.54 Å². The first kappa shape index (κ1) is 13.6. The summed E-state index contributed by atoms with van der Waals surface area (Å²) < 4.78 is 0. The van der Waals surface area contributed by atoms with Crippen LogP contribution in [0.1, 0.15) is 28.9 Å². The van der Waals surface area contributed by atoms with Crippen LogP contribution >= 0.6 is 0 Å². The van der Waals surface area contributed by atoms with Crippen molar-refractivity contribution < 1.29 is 4.79 Å². The van der Waals surface area contributed by atoms with Crippen molar-refractivity contribution in [1.82, 2.24) is 19.9 Å². The van der Waals surface area contributed by atoms with Gasteiger partial charge >= 0.3 is 0 Å². The van der Waals surface area contributed by atoms with E-state index in [-0.39, 0.29) is 5.91 Å². The van der Waals surface area contributed by atoms with Gasteiger partial charge in [0.1, 0.15) is 5.69 Å². The highest BCUT2D eigenvalue weighted by Gasteiger charge is 2.15. The van der Waals surface area contributed by atoms with Crippen LogP contribution in [-0.4, -0.2) is 38.8 Å². The Morgan fingerprint density at radius 1 is 1.14 bits per heavy atom. The van der Waals surface area contributed by atoms with E-state index in [0.717, 1.165) is 30.9 Å². The molecule has 0 saturated carbocycles. The highest BCUT2D eigenvalue weighted by molar-refractivity contribution is 6.02. The molecule has 0 aromatic carbocycles. The SMILES string of the molecule is O=C(Nc1cnccc1CN1CCCC1)c1cnccn1. The second-order valence-electron chi connectivity index (χ2n) is 5.06. The molecule has 3 heterocycles. The monoisotopic (exact) mass is 283 g/mol. The number of aromatic nitrogens is 3. The average molecular weight is 283 g/mol. The van der Waals surface area contributed by atoms with Gasteiger partial charge in [0.05, 0.1) is 18.1 Å². The van der Waals surface area contributed by atoms with E-state index in [0.29, 0.717) is 5.69 Å². The molecule has 1 fully saturated rings. The lowest BCUT2D eigenvalue weighted by molar-refractivity contribution is 0.102. The van der Waals surface area contributed by atoms with E-state index in [1.807, 2.05) is 6.07 Å². The number of carbonyl (C=O) groups excluding carboxylic acids is 1. The third-order valence-corrected chi connectivity index (χ3v) is 3.55. The lowest BCUT2D eigenvalue weighted by Gasteiger charge is -2.17. The van der Waals surface area contributed by atoms with Gasteiger partial charge in [0.15, 0.2) is 0 Å². The number of pyridine rings is 1. The van der Waals surface area contributed by atoms with E-state index in [2.05, 4.69) is 25.2 Å². The van der Waals surface area contributed by atoms with Gasteiger partial charge in [-0.25, -0.2) is 4.98 Å². The molecule has 3 rings (SSSR count). The van der Waals surface area contributed by atoms with Crippen LogP contribution in [0.3, 0.4) is 0 Å². The number of amides is 1. The minimum Gasteiger partial charge on any atom is -0.319 e.